The monoisotopic (exact) mass is 400 g/mol. The van der Waals surface area contributed by atoms with E-state index in [-0.39, 0.29) is 36.1 Å². The molecular formula is C18H16N4O7. The summed E-state index contributed by atoms with van der Waals surface area (Å²) < 4.78 is 5.63. The Morgan fingerprint density at radius 1 is 0.966 bits per heavy atom. The molecule has 3 aliphatic heterocycles. The van der Waals surface area contributed by atoms with Crippen LogP contribution in [0.15, 0.2) is 18.2 Å². The number of benzene rings is 1. The third-order valence-corrected chi connectivity index (χ3v) is 5.04. The summed E-state index contributed by atoms with van der Waals surface area (Å²) in [6.45, 7) is 0. The first kappa shape index (κ1) is 18.7. The number of ether oxygens (including phenoxy) is 1. The molecule has 29 heavy (non-hydrogen) atoms. The number of piperidine rings is 2. The van der Waals surface area contributed by atoms with E-state index in [1.807, 2.05) is 0 Å². The average molecular weight is 400 g/mol. The Kier molecular flexibility index (Phi) is 4.38. The van der Waals surface area contributed by atoms with E-state index in [0.29, 0.717) is 0 Å². The second kappa shape index (κ2) is 6.78. The molecule has 11 nitrogen and oxygen atoms in total. The number of hydrogen-bond acceptors (Lipinski definition) is 8. The highest BCUT2D eigenvalue weighted by molar-refractivity contribution is 6.24. The van der Waals surface area contributed by atoms with Gasteiger partial charge in [0.15, 0.2) is 6.10 Å². The SMILES string of the molecule is NC1CC(Oc2cccc3c2C(=O)N(C2CCC(=O)NC2=O)C3=O)C(=O)NC1=O. The first-order valence-corrected chi connectivity index (χ1v) is 8.89. The summed E-state index contributed by atoms with van der Waals surface area (Å²) in [5.41, 5.74) is 5.59. The highest BCUT2D eigenvalue weighted by Gasteiger charge is 2.46. The van der Waals surface area contributed by atoms with Crippen molar-refractivity contribution in [1.29, 1.82) is 0 Å². The Bertz CT molecular complexity index is 988. The van der Waals surface area contributed by atoms with E-state index in [0.717, 1.165) is 4.90 Å². The fraction of sp³-hybridized carbons (Fsp3) is 0.333. The fourth-order valence-corrected chi connectivity index (χ4v) is 3.58. The van der Waals surface area contributed by atoms with Gasteiger partial charge in [-0.3, -0.25) is 44.3 Å². The van der Waals surface area contributed by atoms with E-state index in [2.05, 4.69) is 10.6 Å². The van der Waals surface area contributed by atoms with Gasteiger partial charge in [0.05, 0.1) is 17.2 Å². The number of imide groups is 3. The molecule has 2 fully saturated rings. The zero-order valence-corrected chi connectivity index (χ0v) is 15.0. The standard InChI is InChI=1S/C18H16N4O7/c19-8-6-11(16(26)21-14(8)24)29-10-3-1-2-7-13(10)18(28)22(17(7)27)9-4-5-12(23)20-15(9)25/h1-3,8-9,11H,4-6,19H2,(H,20,23,25)(H,21,24,26). The average Bonchev–Trinajstić information content (AvgIpc) is 2.92. The van der Waals surface area contributed by atoms with E-state index in [1.54, 1.807) is 0 Å². The Labute approximate surface area is 163 Å². The van der Waals surface area contributed by atoms with Crippen molar-refractivity contribution in [3.8, 4) is 5.75 Å². The van der Waals surface area contributed by atoms with Crippen LogP contribution >= 0.6 is 0 Å². The van der Waals surface area contributed by atoms with Crippen molar-refractivity contribution in [3.63, 3.8) is 0 Å². The van der Waals surface area contributed by atoms with Gasteiger partial charge in [-0.05, 0) is 18.6 Å². The van der Waals surface area contributed by atoms with Crippen molar-refractivity contribution in [2.75, 3.05) is 0 Å². The lowest BCUT2D eigenvalue weighted by Crippen LogP contribution is -2.56. The second-order valence-corrected chi connectivity index (χ2v) is 6.93. The maximum absolute atomic E-state index is 13.0. The Hall–Kier alpha value is -3.60. The van der Waals surface area contributed by atoms with Crippen LogP contribution in [0.25, 0.3) is 0 Å². The molecule has 3 atom stereocenters. The third-order valence-electron chi connectivity index (χ3n) is 5.04. The topological polar surface area (TPSA) is 165 Å². The summed E-state index contributed by atoms with van der Waals surface area (Å²) in [5, 5.41) is 4.20. The molecule has 0 saturated carbocycles. The van der Waals surface area contributed by atoms with Crippen LogP contribution in [0.1, 0.15) is 40.0 Å². The van der Waals surface area contributed by atoms with E-state index < -0.39 is 53.6 Å². The summed E-state index contributed by atoms with van der Waals surface area (Å²) in [6.07, 6.45) is -1.19. The maximum Gasteiger partial charge on any atom is 0.267 e. The summed E-state index contributed by atoms with van der Waals surface area (Å²) in [4.78, 5) is 73.6. The zero-order valence-electron chi connectivity index (χ0n) is 15.0. The number of nitrogens with one attached hydrogen (secondary N) is 2. The van der Waals surface area contributed by atoms with Crippen LogP contribution in [0.2, 0.25) is 0 Å². The van der Waals surface area contributed by atoms with Crippen LogP contribution in [-0.4, -0.2) is 58.5 Å². The highest BCUT2D eigenvalue weighted by atomic mass is 16.5. The van der Waals surface area contributed by atoms with Crippen molar-refractivity contribution in [1.82, 2.24) is 15.5 Å². The van der Waals surface area contributed by atoms with Crippen molar-refractivity contribution in [2.45, 2.75) is 37.5 Å². The van der Waals surface area contributed by atoms with Crippen LogP contribution in [0, 0.1) is 0 Å². The van der Waals surface area contributed by atoms with Crippen molar-refractivity contribution in [3.05, 3.63) is 29.3 Å². The Balaban J connectivity index is 1.63. The molecule has 0 bridgehead atoms. The minimum Gasteiger partial charge on any atom is -0.480 e. The minimum atomic E-state index is -1.12. The molecule has 0 aliphatic carbocycles. The van der Waals surface area contributed by atoms with Gasteiger partial charge < -0.3 is 10.5 Å². The lowest BCUT2D eigenvalue weighted by Gasteiger charge is -2.28. The quantitative estimate of drug-likeness (QED) is 0.501. The molecule has 3 aliphatic rings. The lowest BCUT2D eigenvalue weighted by molar-refractivity contribution is -0.140. The number of carbonyl (C=O) groups excluding carboxylic acids is 6. The Morgan fingerprint density at radius 3 is 2.45 bits per heavy atom. The highest BCUT2D eigenvalue weighted by Crippen LogP contribution is 2.34. The van der Waals surface area contributed by atoms with E-state index >= 15 is 0 Å². The number of nitrogens with zero attached hydrogens (tertiary/aromatic N) is 1. The smallest absolute Gasteiger partial charge is 0.267 e. The fourth-order valence-electron chi connectivity index (χ4n) is 3.58. The Morgan fingerprint density at radius 2 is 1.72 bits per heavy atom. The van der Waals surface area contributed by atoms with Gasteiger partial charge in [-0.2, -0.15) is 0 Å². The molecule has 11 heteroatoms. The molecular weight excluding hydrogens is 384 g/mol. The van der Waals surface area contributed by atoms with E-state index in [4.69, 9.17) is 10.5 Å². The summed E-state index contributed by atoms with van der Waals surface area (Å²) in [6, 6.07) is 2.22. The normalized spacial score (nSPS) is 26.9. The molecule has 0 radical (unpaired) electrons. The van der Waals surface area contributed by atoms with Gasteiger partial charge in [-0.15, -0.1) is 0 Å². The molecule has 1 aromatic rings. The minimum absolute atomic E-state index is 0.00132. The molecule has 0 aromatic heterocycles. The van der Waals surface area contributed by atoms with Crippen molar-refractivity contribution < 1.29 is 33.5 Å². The van der Waals surface area contributed by atoms with Crippen LogP contribution in [0.3, 0.4) is 0 Å². The van der Waals surface area contributed by atoms with Crippen LogP contribution in [-0.2, 0) is 19.2 Å². The van der Waals surface area contributed by atoms with Gasteiger partial charge in [-0.25, -0.2) is 0 Å². The van der Waals surface area contributed by atoms with Crippen molar-refractivity contribution >= 4 is 35.4 Å². The van der Waals surface area contributed by atoms with Gasteiger partial charge in [0.25, 0.3) is 17.7 Å². The number of carbonyl (C=O) groups is 6. The van der Waals surface area contributed by atoms with Gasteiger partial charge in [-0.1, -0.05) is 6.07 Å². The van der Waals surface area contributed by atoms with Crippen molar-refractivity contribution in [2.24, 2.45) is 5.73 Å². The number of amides is 6. The maximum atomic E-state index is 13.0. The first-order chi connectivity index (χ1) is 13.8. The van der Waals surface area contributed by atoms with Crippen LogP contribution in [0.5, 0.6) is 5.75 Å². The molecule has 4 N–H and O–H groups in total. The summed E-state index contributed by atoms with van der Waals surface area (Å²) >= 11 is 0. The number of fused-ring (bicyclic) bond motifs is 1. The van der Waals surface area contributed by atoms with Crippen LogP contribution in [0.4, 0.5) is 0 Å². The third kappa shape index (κ3) is 3.05. The van der Waals surface area contributed by atoms with E-state index in [9.17, 15) is 28.8 Å². The molecule has 150 valence electrons. The van der Waals surface area contributed by atoms with Gasteiger partial charge in [0, 0.05) is 12.8 Å². The van der Waals surface area contributed by atoms with Gasteiger partial charge in [0.2, 0.25) is 17.7 Å². The predicted molar refractivity (Wildman–Crippen MR) is 93.3 cm³/mol. The predicted octanol–water partition coefficient (Wildman–Crippen LogP) is -1.79. The van der Waals surface area contributed by atoms with Gasteiger partial charge in [0.1, 0.15) is 11.8 Å². The molecule has 0 spiro atoms. The van der Waals surface area contributed by atoms with Crippen LogP contribution < -0.4 is 21.1 Å². The molecule has 3 heterocycles. The van der Waals surface area contributed by atoms with E-state index in [1.165, 1.54) is 18.2 Å². The first-order valence-electron chi connectivity index (χ1n) is 8.89. The second-order valence-electron chi connectivity index (χ2n) is 6.93. The number of rotatable bonds is 3. The van der Waals surface area contributed by atoms with Gasteiger partial charge >= 0.3 is 0 Å². The number of nitrogens with two attached hydrogens (primary N) is 1. The molecule has 6 amide bonds. The lowest BCUT2D eigenvalue weighted by atomic mass is 10.0. The molecule has 1 aromatic carbocycles. The number of hydrogen-bond donors (Lipinski definition) is 3. The molecule has 3 unspecified atom stereocenters. The largest absolute Gasteiger partial charge is 0.480 e. The molecule has 2 saturated heterocycles. The summed E-state index contributed by atoms with van der Waals surface area (Å²) in [5.74, 6) is -4.00. The summed E-state index contributed by atoms with van der Waals surface area (Å²) in [7, 11) is 0. The zero-order chi connectivity index (χ0) is 20.9. The molecule has 4 rings (SSSR count).